The molecule has 4 heteroatoms. The van der Waals surface area contributed by atoms with Crippen molar-refractivity contribution in [2.45, 2.75) is 19.9 Å². The molecule has 3 nitrogen and oxygen atoms in total. The fraction of sp³-hybridized carbons (Fsp3) is 0.235. The molecule has 0 unspecified atom stereocenters. The van der Waals surface area contributed by atoms with Crippen molar-refractivity contribution < 1.29 is 9.53 Å². The summed E-state index contributed by atoms with van der Waals surface area (Å²) in [6.07, 6.45) is 0. The molecule has 2 rings (SSSR count). The number of rotatable bonds is 5. The summed E-state index contributed by atoms with van der Waals surface area (Å²) in [6.45, 7) is 4.56. The van der Waals surface area contributed by atoms with Crippen LogP contribution in [-0.4, -0.2) is 12.5 Å². The zero-order valence-electron chi connectivity index (χ0n) is 12.1. The molecule has 21 heavy (non-hydrogen) atoms. The summed E-state index contributed by atoms with van der Waals surface area (Å²) in [6, 6.07) is 15.1. The van der Waals surface area contributed by atoms with Crippen molar-refractivity contribution in [3.05, 3.63) is 64.1 Å². The Hall–Kier alpha value is -1.81. The lowest BCUT2D eigenvalue weighted by Crippen LogP contribution is -2.26. The zero-order chi connectivity index (χ0) is 15.2. The Morgan fingerprint density at radius 1 is 1.24 bits per heavy atom. The predicted octanol–water partition coefficient (Wildman–Crippen LogP) is 4.34. The molecule has 0 spiro atoms. The van der Waals surface area contributed by atoms with Gasteiger partial charge in [0.1, 0.15) is 5.75 Å². The molecule has 0 aliphatic carbocycles. The number of nitrogens with one attached hydrogen (secondary N) is 1. The number of benzene rings is 2. The molecule has 0 saturated heterocycles. The standard InChI is InChI=1S/C17H18BrNO2/c1-3-21-16-9-7-13(8-10-16)12(2)19-17(20)14-5-4-6-15(18)11-14/h4-12H,3H2,1-2H3,(H,19,20)/t12-/m1/s1. The highest BCUT2D eigenvalue weighted by Gasteiger charge is 2.11. The first-order valence-electron chi connectivity index (χ1n) is 6.89. The van der Waals surface area contributed by atoms with Crippen LogP contribution in [0.15, 0.2) is 53.0 Å². The Labute approximate surface area is 133 Å². The second kappa shape index (κ2) is 7.27. The molecule has 0 aliphatic heterocycles. The van der Waals surface area contributed by atoms with Crippen LogP contribution in [0.3, 0.4) is 0 Å². The fourth-order valence-corrected chi connectivity index (χ4v) is 2.41. The lowest BCUT2D eigenvalue weighted by Gasteiger charge is -2.15. The van der Waals surface area contributed by atoms with E-state index in [-0.39, 0.29) is 11.9 Å². The van der Waals surface area contributed by atoms with E-state index in [0.29, 0.717) is 12.2 Å². The van der Waals surface area contributed by atoms with E-state index in [1.54, 1.807) is 12.1 Å². The number of halogens is 1. The van der Waals surface area contributed by atoms with Gasteiger partial charge < -0.3 is 10.1 Å². The molecule has 1 amide bonds. The summed E-state index contributed by atoms with van der Waals surface area (Å²) in [4.78, 5) is 12.2. The van der Waals surface area contributed by atoms with E-state index in [1.807, 2.05) is 50.2 Å². The van der Waals surface area contributed by atoms with Crippen molar-refractivity contribution in [2.24, 2.45) is 0 Å². The molecule has 0 heterocycles. The van der Waals surface area contributed by atoms with E-state index in [4.69, 9.17) is 4.74 Å². The quantitative estimate of drug-likeness (QED) is 0.873. The van der Waals surface area contributed by atoms with Gasteiger partial charge >= 0.3 is 0 Å². The van der Waals surface area contributed by atoms with Crippen LogP contribution in [0.4, 0.5) is 0 Å². The SMILES string of the molecule is CCOc1ccc([C@@H](C)NC(=O)c2cccc(Br)c2)cc1. The van der Waals surface area contributed by atoms with Gasteiger partial charge in [-0.3, -0.25) is 4.79 Å². The van der Waals surface area contributed by atoms with E-state index < -0.39 is 0 Å². The van der Waals surface area contributed by atoms with Crippen LogP contribution in [0.25, 0.3) is 0 Å². The Balaban J connectivity index is 2.03. The van der Waals surface area contributed by atoms with Crippen molar-refractivity contribution >= 4 is 21.8 Å². The van der Waals surface area contributed by atoms with E-state index in [0.717, 1.165) is 15.8 Å². The minimum absolute atomic E-state index is 0.0628. The second-order valence-electron chi connectivity index (χ2n) is 4.71. The second-order valence-corrected chi connectivity index (χ2v) is 5.62. The van der Waals surface area contributed by atoms with Gasteiger partial charge in [0.2, 0.25) is 0 Å². The lowest BCUT2D eigenvalue weighted by atomic mass is 10.1. The molecule has 1 N–H and O–H groups in total. The highest BCUT2D eigenvalue weighted by Crippen LogP contribution is 2.18. The molecule has 0 aromatic heterocycles. The van der Waals surface area contributed by atoms with E-state index in [9.17, 15) is 4.79 Å². The van der Waals surface area contributed by atoms with Gasteiger partial charge in [-0.15, -0.1) is 0 Å². The van der Waals surface area contributed by atoms with E-state index in [2.05, 4.69) is 21.2 Å². The summed E-state index contributed by atoms with van der Waals surface area (Å²) in [5, 5.41) is 2.99. The van der Waals surface area contributed by atoms with Gasteiger partial charge in [0.25, 0.3) is 5.91 Å². The minimum Gasteiger partial charge on any atom is -0.494 e. The normalized spacial score (nSPS) is 11.8. The van der Waals surface area contributed by atoms with Gasteiger partial charge in [-0.1, -0.05) is 34.1 Å². The Morgan fingerprint density at radius 2 is 1.95 bits per heavy atom. The van der Waals surface area contributed by atoms with Crippen molar-refractivity contribution in [1.82, 2.24) is 5.32 Å². The first-order chi connectivity index (χ1) is 10.1. The highest BCUT2D eigenvalue weighted by molar-refractivity contribution is 9.10. The molecule has 2 aromatic rings. The maximum Gasteiger partial charge on any atom is 0.251 e. The first-order valence-corrected chi connectivity index (χ1v) is 7.68. The zero-order valence-corrected chi connectivity index (χ0v) is 13.7. The van der Waals surface area contributed by atoms with Gasteiger partial charge in [-0.2, -0.15) is 0 Å². The fourth-order valence-electron chi connectivity index (χ4n) is 2.01. The van der Waals surface area contributed by atoms with E-state index >= 15 is 0 Å². The van der Waals surface area contributed by atoms with Crippen LogP contribution in [0.5, 0.6) is 5.75 Å². The third-order valence-electron chi connectivity index (χ3n) is 3.13. The third-order valence-corrected chi connectivity index (χ3v) is 3.62. The average Bonchev–Trinajstić information content (AvgIpc) is 2.48. The summed E-state index contributed by atoms with van der Waals surface area (Å²) in [7, 11) is 0. The van der Waals surface area contributed by atoms with Gasteiger partial charge in [0.15, 0.2) is 0 Å². The van der Waals surface area contributed by atoms with Crippen LogP contribution in [0.1, 0.15) is 35.8 Å². The smallest absolute Gasteiger partial charge is 0.251 e. The molecule has 0 saturated carbocycles. The van der Waals surface area contributed by atoms with Crippen LogP contribution < -0.4 is 10.1 Å². The van der Waals surface area contributed by atoms with Crippen molar-refractivity contribution in [3.8, 4) is 5.75 Å². The number of hydrogen-bond donors (Lipinski definition) is 1. The molecular weight excluding hydrogens is 330 g/mol. The molecule has 0 bridgehead atoms. The summed E-state index contributed by atoms with van der Waals surface area (Å²) in [5.74, 6) is 0.754. The molecular formula is C17H18BrNO2. The molecule has 0 fully saturated rings. The van der Waals surface area contributed by atoms with Gasteiger partial charge in [-0.25, -0.2) is 0 Å². The Bertz CT molecular complexity index is 610. The highest BCUT2D eigenvalue weighted by atomic mass is 79.9. The number of ether oxygens (including phenoxy) is 1. The van der Waals surface area contributed by atoms with E-state index in [1.165, 1.54) is 0 Å². The lowest BCUT2D eigenvalue weighted by molar-refractivity contribution is 0.0940. The number of hydrogen-bond acceptors (Lipinski definition) is 2. The number of amides is 1. The van der Waals surface area contributed by atoms with Crippen molar-refractivity contribution in [1.29, 1.82) is 0 Å². The van der Waals surface area contributed by atoms with Crippen LogP contribution in [-0.2, 0) is 0 Å². The Morgan fingerprint density at radius 3 is 2.57 bits per heavy atom. The molecule has 0 radical (unpaired) electrons. The maximum absolute atomic E-state index is 12.2. The van der Waals surface area contributed by atoms with Crippen LogP contribution in [0.2, 0.25) is 0 Å². The molecule has 2 aromatic carbocycles. The molecule has 1 atom stereocenters. The van der Waals surface area contributed by atoms with Crippen molar-refractivity contribution in [2.75, 3.05) is 6.61 Å². The molecule has 110 valence electrons. The van der Waals surface area contributed by atoms with Gasteiger partial charge in [0, 0.05) is 10.0 Å². The third kappa shape index (κ3) is 4.33. The average molecular weight is 348 g/mol. The largest absolute Gasteiger partial charge is 0.494 e. The topological polar surface area (TPSA) is 38.3 Å². The molecule has 0 aliphatic rings. The maximum atomic E-state index is 12.2. The number of carbonyl (C=O) groups is 1. The van der Waals surface area contributed by atoms with Crippen LogP contribution >= 0.6 is 15.9 Å². The first kappa shape index (κ1) is 15.6. The van der Waals surface area contributed by atoms with Crippen LogP contribution in [0, 0.1) is 0 Å². The van der Waals surface area contributed by atoms with Crippen molar-refractivity contribution in [3.63, 3.8) is 0 Å². The monoisotopic (exact) mass is 347 g/mol. The van der Waals surface area contributed by atoms with Gasteiger partial charge in [0.05, 0.1) is 12.6 Å². The van der Waals surface area contributed by atoms with Gasteiger partial charge in [-0.05, 0) is 49.7 Å². The number of carbonyl (C=O) groups excluding carboxylic acids is 1. The predicted molar refractivity (Wildman–Crippen MR) is 87.6 cm³/mol. The summed E-state index contributed by atoms with van der Waals surface area (Å²) in [5.41, 5.74) is 1.68. The minimum atomic E-state index is -0.0855. The Kier molecular flexibility index (Phi) is 5.39. The summed E-state index contributed by atoms with van der Waals surface area (Å²) < 4.78 is 6.30. The summed E-state index contributed by atoms with van der Waals surface area (Å²) >= 11 is 3.37.